The summed E-state index contributed by atoms with van der Waals surface area (Å²) in [5.74, 6) is -0.865. The summed E-state index contributed by atoms with van der Waals surface area (Å²) in [4.78, 5) is 24.8. The molecule has 0 aliphatic rings. The number of nitrogens with one attached hydrogen (secondary N) is 1. The fraction of sp³-hybridized carbons (Fsp3) is 0.0769. The second-order valence-corrected chi connectivity index (χ2v) is 7.33. The first-order valence-electron chi connectivity index (χ1n) is 10.00. The molecule has 1 amide bonds. The molecule has 0 saturated heterocycles. The Labute approximate surface area is 178 Å². The van der Waals surface area contributed by atoms with E-state index in [0.29, 0.717) is 5.69 Å². The highest BCUT2D eigenvalue weighted by Gasteiger charge is 2.15. The Morgan fingerprint density at radius 2 is 1.52 bits per heavy atom. The number of rotatable bonds is 5. The fourth-order valence-electron chi connectivity index (χ4n) is 3.88. The molecule has 1 heterocycles. The zero-order valence-corrected chi connectivity index (χ0v) is 16.6. The third-order valence-electron chi connectivity index (χ3n) is 5.30. The van der Waals surface area contributed by atoms with Crippen LogP contribution < -0.4 is 5.32 Å². The van der Waals surface area contributed by atoms with Crippen molar-refractivity contribution in [1.29, 1.82) is 0 Å². The molecule has 0 saturated carbocycles. The van der Waals surface area contributed by atoms with E-state index in [9.17, 15) is 9.59 Å². The normalized spacial score (nSPS) is 11.1. The lowest BCUT2D eigenvalue weighted by Crippen LogP contribution is -2.21. The molecular weight excluding hydrogens is 390 g/mol. The molecule has 1 aromatic heterocycles. The first-order chi connectivity index (χ1) is 15.2. The van der Waals surface area contributed by atoms with Gasteiger partial charge in [0, 0.05) is 22.0 Å². The molecule has 0 aliphatic heterocycles. The SMILES string of the molecule is O=C(COC(=O)Cc1coc2ccc3ccccc3c12)Nc1cccc2ccccc12. The highest BCUT2D eigenvalue weighted by molar-refractivity contribution is 6.08. The van der Waals surface area contributed by atoms with Crippen molar-refractivity contribution in [2.24, 2.45) is 0 Å². The lowest BCUT2D eigenvalue weighted by Gasteiger charge is -2.09. The Morgan fingerprint density at radius 1 is 0.806 bits per heavy atom. The molecule has 0 atom stereocenters. The van der Waals surface area contributed by atoms with E-state index >= 15 is 0 Å². The summed E-state index contributed by atoms with van der Waals surface area (Å²) in [5.41, 5.74) is 2.15. The summed E-state index contributed by atoms with van der Waals surface area (Å²) < 4.78 is 10.8. The highest BCUT2D eigenvalue weighted by Crippen LogP contribution is 2.30. The van der Waals surface area contributed by atoms with Crippen molar-refractivity contribution in [3.63, 3.8) is 0 Å². The summed E-state index contributed by atoms with van der Waals surface area (Å²) in [6, 6.07) is 25.3. The van der Waals surface area contributed by atoms with Crippen LogP contribution >= 0.6 is 0 Å². The van der Waals surface area contributed by atoms with E-state index in [1.54, 1.807) is 6.26 Å². The van der Waals surface area contributed by atoms with Crippen LogP contribution in [0.2, 0.25) is 0 Å². The van der Waals surface area contributed by atoms with Crippen LogP contribution in [0.1, 0.15) is 5.56 Å². The summed E-state index contributed by atoms with van der Waals surface area (Å²) >= 11 is 0. The van der Waals surface area contributed by atoms with Crippen molar-refractivity contribution in [3.05, 3.63) is 90.7 Å². The molecule has 0 unspecified atom stereocenters. The zero-order valence-electron chi connectivity index (χ0n) is 16.6. The van der Waals surface area contributed by atoms with Crippen molar-refractivity contribution in [3.8, 4) is 0 Å². The van der Waals surface area contributed by atoms with E-state index < -0.39 is 5.97 Å². The van der Waals surface area contributed by atoms with E-state index in [-0.39, 0.29) is 18.9 Å². The van der Waals surface area contributed by atoms with Crippen LogP contribution in [0.4, 0.5) is 5.69 Å². The minimum atomic E-state index is -0.483. The smallest absolute Gasteiger partial charge is 0.310 e. The van der Waals surface area contributed by atoms with Crippen LogP contribution in [0.25, 0.3) is 32.5 Å². The Morgan fingerprint density at radius 3 is 2.35 bits per heavy atom. The van der Waals surface area contributed by atoms with E-state index in [0.717, 1.165) is 38.1 Å². The van der Waals surface area contributed by atoms with Gasteiger partial charge in [-0.3, -0.25) is 9.59 Å². The van der Waals surface area contributed by atoms with E-state index in [1.165, 1.54) is 0 Å². The topological polar surface area (TPSA) is 68.5 Å². The minimum Gasteiger partial charge on any atom is -0.464 e. The second-order valence-electron chi connectivity index (χ2n) is 7.33. The van der Waals surface area contributed by atoms with Crippen molar-refractivity contribution in [1.82, 2.24) is 0 Å². The molecule has 5 rings (SSSR count). The van der Waals surface area contributed by atoms with Crippen LogP contribution in [-0.4, -0.2) is 18.5 Å². The molecule has 5 nitrogen and oxygen atoms in total. The lowest BCUT2D eigenvalue weighted by atomic mass is 10.0. The Hall–Kier alpha value is -4.12. The standard InChI is InChI=1S/C26H19NO4/c28-24(27-22-11-5-8-17-6-1-3-9-20(17)22)16-31-25(29)14-19-15-30-23-13-12-18-7-2-4-10-21(18)26(19)23/h1-13,15H,14,16H2,(H,27,28). The molecule has 0 fully saturated rings. The fourth-order valence-corrected chi connectivity index (χ4v) is 3.88. The molecule has 5 aromatic rings. The number of carbonyl (C=O) groups excluding carboxylic acids is 2. The lowest BCUT2D eigenvalue weighted by molar-refractivity contribution is -0.146. The average Bonchev–Trinajstić information content (AvgIpc) is 3.21. The number of fused-ring (bicyclic) bond motifs is 4. The molecule has 5 heteroatoms. The first-order valence-corrected chi connectivity index (χ1v) is 10.00. The number of carbonyl (C=O) groups is 2. The summed E-state index contributed by atoms with van der Waals surface area (Å²) in [6.45, 7) is -0.349. The van der Waals surface area contributed by atoms with Gasteiger partial charge < -0.3 is 14.5 Å². The number of anilines is 1. The van der Waals surface area contributed by atoms with Crippen molar-refractivity contribution in [2.75, 3.05) is 11.9 Å². The largest absolute Gasteiger partial charge is 0.464 e. The molecule has 1 N–H and O–H groups in total. The molecule has 0 bridgehead atoms. The van der Waals surface area contributed by atoms with Gasteiger partial charge in [0.25, 0.3) is 5.91 Å². The predicted molar refractivity (Wildman–Crippen MR) is 121 cm³/mol. The predicted octanol–water partition coefficient (Wildman–Crippen LogP) is 5.46. The molecule has 152 valence electrons. The van der Waals surface area contributed by atoms with Crippen LogP contribution in [0.5, 0.6) is 0 Å². The molecule has 31 heavy (non-hydrogen) atoms. The van der Waals surface area contributed by atoms with Crippen molar-refractivity contribution in [2.45, 2.75) is 6.42 Å². The number of esters is 1. The van der Waals surface area contributed by atoms with Crippen LogP contribution in [0, 0.1) is 0 Å². The second kappa shape index (κ2) is 7.95. The van der Waals surface area contributed by atoms with Crippen LogP contribution in [-0.2, 0) is 20.7 Å². The third-order valence-corrected chi connectivity index (χ3v) is 5.30. The Kier molecular flexibility index (Phi) is 4.84. The van der Waals surface area contributed by atoms with Crippen LogP contribution in [0.15, 0.2) is 89.5 Å². The zero-order chi connectivity index (χ0) is 21.2. The monoisotopic (exact) mass is 409 g/mol. The quantitative estimate of drug-likeness (QED) is 0.391. The number of benzene rings is 4. The van der Waals surface area contributed by atoms with Crippen molar-refractivity contribution >= 4 is 50.1 Å². The Bertz CT molecular complexity index is 1430. The molecular formula is C26H19NO4. The van der Waals surface area contributed by atoms with E-state index in [4.69, 9.17) is 9.15 Å². The van der Waals surface area contributed by atoms with Gasteiger partial charge in [0.1, 0.15) is 5.58 Å². The number of furan rings is 1. The number of hydrogen-bond acceptors (Lipinski definition) is 4. The third kappa shape index (κ3) is 3.73. The first kappa shape index (κ1) is 18.9. The Balaban J connectivity index is 1.27. The summed E-state index contributed by atoms with van der Waals surface area (Å²) in [5, 5.41) is 7.76. The van der Waals surface area contributed by atoms with Gasteiger partial charge >= 0.3 is 5.97 Å². The number of ether oxygens (including phenoxy) is 1. The van der Waals surface area contributed by atoms with Gasteiger partial charge in [0.2, 0.25) is 0 Å². The van der Waals surface area contributed by atoms with Gasteiger partial charge in [0.15, 0.2) is 6.61 Å². The maximum Gasteiger partial charge on any atom is 0.310 e. The summed E-state index contributed by atoms with van der Waals surface area (Å²) in [7, 11) is 0. The number of hydrogen-bond donors (Lipinski definition) is 1. The van der Waals surface area contributed by atoms with E-state index in [2.05, 4.69) is 5.32 Å². The maximum absolute atomic E-state index is 12.4. The van der Waals surface area contributed by atoms with Crippen molar-refractivity contribution < 1.29 is 18.7 Å². The highest BCUT2D eigenvalue weighted by atomic mass is 16.5. The average molecular weight is 409 g/mol. The van der Waals surface area contributed by atoms with Gasteiger partial charge in [-0.05, 0) is 28.3 Å². The van der Waals surface area contributed by atoms with Gasteiger partial charge in [-0.2, -0.15) is 0 Å². The maximum atomic E-state index is 12.4. The number of amides is 1. The summed E-state index contributed by atoms with van der Waals surface area (Å²) in [6.07, 6.45) is 1.61. The van der Waals surface area contributed by atoms with Gasteiger partial charge in [-0.15, -0.1) is 0 Å². The molecule has 0 spiro atoms. The van der Waals surface area contributed by atoms with Gasteiger partial charge in [-0.25, -0.2) is 0 Å². The van der Waals surface area contributed by atoms with Gasteiger partial charge in [-0.1, -0.05) is 66.7 Å². The minimum absolute atomic E-state index is 0.0303. The molecule has 4 aromatic carbocycles. The van der Waals surface area contributed by atoms with Crippen LogP contribution in [0.3, 0.4) is 0 Å². The molecule has 0 aliphatic carbocycles. The molecule has 0 radical (unpaired) electrons. The van der Waals surface area contributed by atoms with Gasteiger partial charge in [0.05, 0.1) is 12.7 Å². The van der Waals surface area contributed by atoms with E-state index in [1.807, 2.05) is 78.9 Å².